The summed E-state index contributed by atoms with van der Waals surface area (Å²) in [6.45, 7) is 0. The molecule has 1 amide bonds. The van der Waals surface area contributed by atoms with Crippen LogP contribution in [0.2, 0.25) is 0 Å². The summed E-state index contributed by atoms with van der Waals surface area (Å²) in [5, 5.41) is 9.92. The third-order valence-corrected chi connectivity index (χ3v) is 2.64. The summed E-state index contributed by atoms with van der Waals surface area (Å²) < 4.78 is 18.4. The van der Waals surface area contributed by atoms with Crippen molar-refractivity contribution in [3.05, 3.63) is 60.2 Å². The van der Waals surface area contributed by atoms with E-state index in [1.54, 1.807) is 24.5 Å². The SMILES string of the molecule is O=C(Nc1nnc(-c2cccnc2)o1)c1cccc(F)c1. The molecule has 0 aliphatic heterocycles. The zero-order chi connectivity index (χ0) is 14.7. The minimum atomic E-state index is -0.532. The zero-order valence-electron chi connectivity index (χ0n) is 10.7. The first kappa shape index (κ1) is 12.9. The summed E-state index contributed by atoms with van der Waals surface area (Å²) in [5.74, 6) is -0.794. The second-order valence-corrected chi connectivity index (χ2v) is 4.12. The van der Waals surface area contributed by atoms with Crippen LogP contribution in [-0.2, 0) is 0 Å². The molecule has 0 fully saturated rings. The van der Waals surface area contributed by atoms with Gasteiger partial charge in [-0.2, -0.15) is 0 Å². The Kier molecular flexibility index (Phi) is 3.38. The average molecular weight is 284 g/mol. The second kappa shape index (κ2) is 5.49. The molecule has 1 N–H and O–H groups in total. The molecule has 7 heteroatoms. The molecule has 6 nitrogen and oxygen atoms in total. The molecule has 0 bridgehead atoms. The molecule has 0 unspecified atom stereocenters. The lowest BCUT2D eigenvalue weighted by molar-refractivity contribution is 0.102. The Labute approximate surface area is 118 Å². The molecule has 1 aromatic carbocycles. The summed E-state index contributed by atoms with van der Waals surface area (Å²) in [6.07, 6.45) is 3.18. The van der Waals surface area contributed by atoms with E-state index < -0.39 is 11.7 Å². The molecule has 104 valence electrons. The number of amides is 1. The van der Waals surface area contributed by atoms with Gasteiger partial charge in [-0.25, -0.2) is 4.39 Å². The smallest absolute Gasteiger partial charge is 0.322 e. The quantitative estimate of drug-likeness (QED) is 0.799. The predicted octanol–water partition coefficient (Wildman–Crippen LogP) is 2.52. The third-order valence-electron chi connectivity index (χ3n) is 2.64. The van der Waals surface area contributed by atoms with Crippen LogP contribution >= 0.6 is 0 Å². The summed E-state index contributed by atoms with van der Waals surface area (Å²) in [6, 6.07) is 8.71. The molecule has 0 saturated carbocycles. The first-order chi connectivity index (χ1) is 10.2. The van der Waals surface area contributed by atoms with E-state index in [2.05, 4.69) is 20.5 Å². The second-order valence-electron chi connectivity index (χ2n) is 4.12. The molecular formula is C14H9FN4O2. The Morgan fingerprint density at radius 1 is 1.19 bits per heavy atom. The number of carbonyl (C=O) groups excluding carboxylic acids is 1. The topological polar surface area (TPSA) is 80.9 Å². The number of halogens is 1. The number of hydrogen-bond acceptors (Lipinski definition) is 5. The van der Waals surface area contributed by atoms with Crippen molar-refractivity contribution in [2.24, 2.45) is 0 Å². The lowest BCUT2D eigenvalue weighted by Gasteiger charge is -2.00. The van der Waals surface area contributed by atoms with Crippen molar-refractivity contribution in [1.29, 1.82) is 0 Å². The molecule has 3 rings (SSSR count). The monoisotopic (exact) mass is 284 g/mol. The number of anilines is 1. The molecule has 0 saturated heterocycles. The van der Waals surface area contributed by atoms with Crippen LogP contribution in [0.15, 0.2) is 53.2 Å². The Hall–Kier alpha value is -3.09. The minimum absolute atomic E-state index is 0.0666. The standard InChI is InChI=1S/C14H9FN4O2/c15-11-5-1-3-9(7-11)12(20)17-14-19-18-13(21-14)10-4-2-6-16-8-10/h1-8H,(H,17,19,20). The van der Waals surface area contributed by atoms with Crippen LogP contribution in [0.5, 0.6) is 0 Å². The molecule has 21 heavy (non-hydrogen) atoms. The molecular weight excluding hydrogens is 275 g/mol. The van der Waals surface area contributed by atoms with Gasteiger partial charge < -0.3 is 4.42 Å². The number of aromatic nitrogens is 3. The van der Waals surface area contributed by atoms with Gasteiger partial charge >= 0.3 is 6.01 Å². The van der Waals surface area contributed by atoms with Crippen LogP contribution in [0.4, 0.5) is 10.4 Å². The Balaban J connectivity index is 1.77. The van der Waals surface area contributed by atoms with E-state index in [-0.39, 0.29) is 17.5 Å². The van der Waals surface area contributed by atoms with Crippen LogP contribution in [0.25, 0.3) is 11.5 Å². The molecule has 0 atom stereocenters. The number of rotatable bonds is 3. The summed E-state index contributed by atoms with van der Waals surface area (Å²) in [5.41, 5.74) is 0.799. The van der Waals surface area contributed by atoms with Crippen molar-refractivity contribution in [2.75, 3.05) is 5.32 Å². The molecule has 0 spiro atoms. The van der Waals surface area contributed by atoms with Gasteiger partial charge in [0.05, 0.1) is 5.56 Å². The molecule has 3 aromatic rings. The minimum Gasteiger partial charge on any atom is -0.403 e. The first-order valence-corrected chi connectivity index (χ1v) is 6.03. The molecule has 0 aliphatic carbocycles. The highest BCUT2D eigenvalue weighted by Crippen LogP contribution is 2.18. The van der Waals surface area contributed by atoms with Crippen molar-refractivity contribution < 1.29 is 13.6 Å². The fourth-order valence-electron chi connectivity index (χ4n) is 1.68. The third kappa shape index (κ3) is 2.92. The lowest BCUT2D eigenvalue weighted by atomic mass is 10.2. The zero-order valence-corrected chi connectivity index (χ0v) is 10.7. The van der Waals surface area contributed by atoms with Gasteiger partial charge in [-0.15, -0.1) is 5.10 Å². The van der Waals surface area contributed by atoms with E-state index in [1.807, 2.05) is 0 Å². The van der Waals surface area contributed by atoms with Gasteiger partial charge in [0, 0.05) is 18.0 Å². The average Bonchev–Trinajstić information content (AvgIpc) is 2.97. The fraction of sp³-hybridized carbons (Fsp3) is 0. The number of nitrogens with zero attached hydrogens (tertiary/aromatic N) is 3. The van der Waals surface area contributed by atoms with E-state index in [1.165, 1.54) is 18.2 Å². The van der Waals surface area contributed by atoms with Crippen molar-refractivity contribution in [3.8, 4) is 11.5 Å². The van der Waals surface area contributed by atoms with Gasteiger partial charge in [0.15, 0.2) is 0 Å². The van der Waals surface area contributed by atoms with E-state index in [0.717, 1.165) is 6.07 Å². The van der Waals surface area contributed by atoms with E-state index in [4.69, 9.17) is 4.42 Å². The fourth-order valence-corrected chi connectivity index (χ4v) is 1.68. The van der Waals surface area contributed by atoms with Crippen LogP contribution in [0.3, 0.4) is 0 Å². The summed E-state index contributed by atoms with van der Waals surface area (Å²) >= 11 is 0. The van der Waals surface area contributed by atoms with Crippen LogP contribution in [0.1, 0.15) is 10.4 Å². The van der Waals surface area contributed by atoms with Crippen LogP contribution in [-0.4, -0.2) is 21.1 Å². The molecule has 0 aliphatic rings. The van der Waals surface area contributed by atoms with Crippen LogP contribution < -0.4 is 5.32 Å². The number of pyridine rings is 1. The number of hydrogen-bond donors (Lipinski definition) is 1. The Morgan fingerprint density at radius 2 is 2.10 bits per heavy atom. The number of carbonyl (C=O) groups is 1. The number of benzene rings is 1. The van der Waals surface area contributed by atoms with Gasteiger partial charge in [0.25, 0.3) is 11.8 Å². The summed E-state index contributed by atoms with van der Waals surface area (Å²) in [7, 11) is 0. The molecule has 2 heterocycles. The maximum absolute atomic E-state index is 13.1. The largest absolute Gasteiger partial charge is 0.403 e. The van der Waals surface area contributed by atoms with Crippen molar-refractivity contribution >= 4 is 11.9 Å². The Morgan fingerprint density at radius 3 is 2.86 bits per heavy atom. The Bertz CT molecular complexity index is 773. The predicted molar refractivity (Wildman–Crippen MR) is 71.9 cm³/mol. The van der Waals surface area contributed by atoms with E-state index in [9.17, 15) is 9.18 Å². The normalized spacial score (nSPS) is 10.3. The summed E-state index contributed by atoms with van der Waals surface area (Å²) in [4.78, 5) is 15.8. The highest BCUT2D eigenvalue weighted by molar-refractivity contribution is 6.03. The van der Waals surface area contributed by atoms with Gasteiger partial charge in [-0.3, -0.25) is 15.1 Å². The van der Waals surface area contributed by atoms with Gasteiger partial charge in [0.1, 0.15) is 5.82 Å². The first-order valence-electron chi connectivity index (χ1n) is 6.03. The van der Waals surface area contributed by atoms with Crippen molar-refractivity contribution in [3.63, 3.8) is 0 Å². The van der Waals surface area contributed by atoms with Gasteiger partial charge in [-0.1, -0.05) is 11.2 Å². The molecule has 0 radical (unpaired) electrons. The lowest BCUT2D eigenvalue weighted by Crippen LogP contribution is -2.12. The van der Waals surface area contributed by atoms with Crippen molar-refractivity contribution in [1.82, 2.24) is 15.2 Å². The van der Waals surface area contributed by atoms with E-state index in [0.29, 0.717) is 5.56 Å². The van der Waals surface area contributed by atoms with Gasteiger partial charge in [-0.05, 0) is 30.3 Å². The van der Waals surface area contributed by atoms with Gasteiger partial charge in [0.2, 0.25) is 0 Å². The maximum Gasteiger partial charge on any atom is 0.322 e. The number of nitrogens with one attached hydrogen (secondary N) is 1. The maximum atomic E-state index is 13.1. The van der Waals surface area contributed by atoms with E-state index >= 15 is 0 Å². The van der Waals surface area contributed by atoms with Crippen LogP contribution in [0, 0.1) is 5.82 Å². The molecule has 2 aromatic heterocycles. The highest BCUT2D eigenvalue weighted by atomic mass is 19.1. The van der Waals surface area contributed by atoms with Crippen molar-refractivity contribution in [2.45, 2.75) is 0 Å². The highest BCUT2D eigenvalue weighted by Gasteiger charge is 2.13.